The van der Waals surface area contributed by atoms with Gasteiger partial charge < -0.3 is 9.88 Å². The van der Waals surface area contributed by atoms with Crippen LogP contribution in [0.5, 0.6) is 0 Å². The molecule has 0 aliphatic carbocycles. The number of benzene rings is 1. The van der Waals surface area contributed by atoms with Gasteiger partial charge in [0, 0.05) is 18.7 Å². The Bertz CT molecular complexity index is 567. The van der Waals surface area contributed by atoms with E-state index >= 15 is 0 Å². The van der Waals surface area contributed by atoms with Crippen molar-refractivity contribution in [2.45, 2.75) is 13.1 Å². The highest BCUT2D eigenvalue weighted by Gasteiger charge is 2.19. The third-order valence-corrected chi connectivity index (χ3v) is 3.20. The van der Waals surface area contributed by atoms with Crippen LogP contribution in [0, 0.1) is 5.82 Å². The second kappa shape index (κ2) is 4.09. The molecule has 2 aromatic rings. The first-order valence-electron chi connectivity index (χ1n) is 5.34. The van der Waals surface area contributed by atoms with E-state index in [9.17, 15) is 4.39 Å². The number of halogens is 2. The van der Waals surface area contributed by atoms with Crippen LogP contribution in [-0.2, 0) is 13.1 Å². The predicted molar refractivity (Wildman–Crippen MR) is 62.1 cm³/mol. The quantitative estimate of drug-likeness (QED) is 0.842. The molecule has 4 nitrogen and oxygen atoms in total. The van der Waals surface area contributed by atoms with Gasteiger partial charge in [-0.15, -0.1) is 10.2 Å². The molecule has 88 valence electrons. The molecule has 0 unspecified atom stereocenters. The van der Waals surface area contributed by atoms with E-state index in [-0.39, 0.29) is 5.02 Å². The summed E-state index contributed by atoms with van der Waals surface area (Å²) in [6, 6.07) is 4.71. The fourth-order valence-electron chi connectivity index (χ4n) is 1.97. The second-order valence-electron chi connectivity index (χ2n) is 3.87. The van der Waals surface area contributed by atoms with Crippen LogP contribution in [-0.4, -0.2) is 21.3 Å². The molecule has 0 radical (unpaired) electrons. The Morgan fingerprint density at radius 1 is 1.35 bits per heavy atom. The lowest BCUT2D eigenvalue weighted by molar-refractivity contribution is 0.508. The molecule has 3 rings (SSSR count). The maximum absolute atomic E-state index is 13.4. The summed E-state index contributed by atoms with van der Waals surface area (Å²) in [5.74, 6) is 1.05. The lowest BCUT2D eigenvalue weighted by Crippen LogP contribution is -2.28. The zero-order chi connectivity index (χ0) is 11.8. The van der Waals surface area contributed by atoms with Crippen molar-refractivity contribution in [2.75, 3.05) is 6.54 Å². The molecule has 0 atom stereocenters. The molecule has 0 spiro atoms. The molecule has 6 heteroatoms. The van der Waals surface area contributed by atoms with E-state index < -0.39 is 5.82 Å². The van der Waals surface area contributed by atoms with E-state index in [1.807, 2.05) is 4.57 Å². The SMILES string of the molecule is Fc1cccc(-c2nnc3n2CCNC3)c1Cl. The number of hydrogen-bond donors (Lipinski definition) is 1. The lowest BCUT2D eigenvalue weighted by Gasteiger charge is -2.16. The Kier molecular flexibility index (Phi) is 2.57. The van der Waals surface area contributed by atoms with Crippen molar-refractivity contribution < 1.29 is 4.39 Å². The average Bonchev–Trinajstić information content (AvgIpc) is 2.77. The first-order chi connectivity index (χ1) is 8.27. The highest BCUT2D eigenvalue weighted by Crippen LogP contribution is 2.29. The maximum atomic E-state index is 13.4. The third-order valence-electron chi connectivity index (χ3n) is 2.82. The van der Waals surface area contributed by atoms with Crippen LogP contribution in [0.25, 0.3) is 11.4 Å². The predicted octanol–water partition coefficient (Wildman–Crippen LogP) is 1.84. The van der Waals surface area contributed by atoms with Gasteiger partial charge in [0.1, 0.15) is 11.6 Å². The van der Waals surface area contributed by atoms with Crippen molar-refractivity contribution >= 4 is 11.6 Å². The zero-order valence-electron chi connectivity index (χ0n) is 8.95. The summed E-state index contributed by atoms with van der Waals surface area (Å²) in [7, 11) is 0. The molecule has 0 saturated carbocycles. The van der Waals surface area contributed by atoms with Crippen LogP contribution < -0.4 is 5.32 Å². The molecule has 17 heavy (non-hydrogen) atoms. The molecule has 1 aromatic heterocycles. The normalized spacial score (nSPS) is 14.7. The number of rotatable bonds is 1. The van der Waals surface area contributed by atoms with Gasteiger partial charge in [0.25, 0.3) is 0 Å². The van der Waals surface area contributed by atoms with Crippen LogP contribution in [0.15, 0.2) is 18.2 Å². The van der Waals surface area contributed by atoms with Crippen LogP contribution >= 0.6 is 11.6 Å². The largest absolute Gasteiger partial charge is 0.309 e. The minimum absolute atomic E-state index is 0.0984. The number of aromatic nitrogens is 3. The topological polar surface area (TPSA) is 42.7 Å². The van der Waals surface area contributed by atoms with Crippen molar-refractivity contribution in [1.82, 2.24) is 20.1 Å². The molecule has 0 saturated heterocycles. The molecule has 0 fully saturated rings. The molecule has 1 N–H and O–H groups in total. The summed E-state index contributed by atoms with van der Waals surface area (Å²) in [6.07, 6.45) is 0. The van der Waals surface area contributed by atoms with Crippen molar-refractivity contribution in [3.05, 3.63) is 34.9 Å². The summed E-state index contributed by atoms with van der Waals surface area (Å²) >= 11 is 5.96. The molecule has 0 bridgehead atoms. The maximum Gasteiger partial charge on any atom is 0.165 e. The van der Waals surface area contributed by atoms with Gasteiger partial charge in [-0.3, -0.25) is 0 Å². The van der Waals surface area contributed by atoms with E-state index in [1.165, 1.54) is 6.07 Å². The Morgan fingerprint density at radius 3 is 3.12 bits per heavy atom. The molecular weight excluding hydrogens is 243 g/mol. The number of hydrogen-bond acceptors (Lipinski definition) is 3. The van der Waals surface area contributed by atoms with E-state index in [0.717, 1.165) is 18.9 Å². The van der Waals surface area contributed by atoms with Gasteiger partial charge in [0.05, 0.1) is 11.6 Å². The Labute approximate surface area is 102 Å². The first kappa shape index (κ1) is 10.7. The fraction of sp³-hybridized carbons (Fsp3) is 0.273. The summed E-state index contributed by atoms with van der Waals surface area (Å²) in [6.45, 7) is 2.30. The van der Waals surface area contributed by atoms with Crippen LogP contribution in [0.4, 0.5) is 4.39 Å². The fourth-order valence-corrected chi connectivity index (χ4v) is 2.18. The zero-order valence-corrected chi connectivity index (χ0v) is 9.71. The molecule has 2 heterocycles. The van der Waals surface area contributed by atoms with Crippen LogP contribution in [0.1, 0.15) is 5.82 Å². The highest BCUT2D eigenvalue weighted by molar-refractivity contribution is 6.33. The second-order valence-corrected chi connectivity index (χ2v) is 4.25. The van der Waals surface area contributed by atoms with Gasteiger partial charge in [0.15, 0.2) is 5.82 Å². The number of nitrogens with one attached hydrogen (secondary N) is 1. The van der Waals surface area contributed by atoms with Gasteiger partial charge >= 0.3 is 0 Å². The van der Waals surface area contributed by atoms with E-state index in [2.05, 4.69) is 15.5 Å². The van der Waals surface area contributed by atoms with Crippen molar-refractivity contribution in [2.24, 2.45) is 0 Å². The van der Waals surface area contributed by atoms with Gasteiger partial charge in [-0.2, -0.15) is 0 Å². The Morgan fingerprint density at radius 2 is 2.24 bits per heavy atom. The van der Waals surface area contributed by atoms with Crippen molar-refractivity contribution in [3.63, 3.8) is 0 Å². The minimum Gasteiger partial charge on any atom is -0.309 e. The van der Waals surface area contributed by atoms with Crippen molar-refractivity contribution in [1.29, 1.82) is 0 Å². The van der Waals surface area contributed by atoms with Gasteiger partial charge in [-0.1, -0.05) is 17.7 Å². The minimum atomic E-state index is -0.435. The highest BCUT2D eigenvalue weighted by atomic mass is 35.5. The van der Waals surface area contributed by atoms with Gasteiger partial charge in [-0.25, -0.2) is 4.39 Å². The monoisotopic (exact) mass is 252 g/mol. The van der Waals surface area contributed by atoms with E-state index in [1.54, 1.807) is 12.1 Å². The van der Waals surface area contributed by atoms with Gasteiger partial charge in [-0.05, 0) is 12.1 Å². The summed E-state index contributed by atoms with van der Waals surface area (Å²) in [4.78, 5) is 0. The van der Waals surface area contributed by atoms with E-state index in [0.29, 0.717) is 17.9 Å². The smallest absolute Gasteiger partial charge is 0.165 e. The first-order valence-corrected chi connectivity index (χ1v) is 5.72. The average molecular weight is 253 g/mol. The van der Waals surface area contributed by atoms with Crippen LogP contribution in [0.3, 0.4) is 0 Å². The standard InChI is InChI=1S/C11H10ClFN4/c12-10-7(2-1-3-8(10)13)11-16-15-9-6-14-4-5-17(9)11/h1-3,14H,4-6H2. The van der Waals surface area contributed by atoms with Crippen LogP contribution in [0.2, 0.25) is 5.02 Å². The molecule has 1 aromatic carbocycles. The summed E-state index contributed by atoms with van der Waals surface area (Å²) in [5.41, 5.74) is 0.590. The molecule has 0 amide bonds. The summed E-state index contributed by atoms with van der Waals surface area (Å²) < 4.78 is 15.4. The molecule has 1 aliphatic heterocycles. The van der Waals surface area contributed by atoms with Gasteiger partial charge in [0.2, 0.25) is 0 Å². The third kappa shape index (κ3) is 1.71. The lowest BCUT2D eigenvalue weighted by atomic mass is 10.2. The molecule has 1 aliphatic rings. The number of nitrogens with zero attached hydrogens (tertiary/aromatic N) is 3. The Balaban J connectivity index is 2.15. The van der Waals surface area contributed by atoms with E-state index in [4.69, 9.17) is 11.6 Å². The Hall–Kier alpha value is -1.46. The number of fused-ring (bicyclic) bond motifs is 1. The van der Waals surface area contributed by atoms with Crippen molar-refractivity contribution in [3.8, 4) is 11.4 Å². The summed E-state index contributed by atoms with van der Waals surface area (Å²) in [5, 5.41) is 11.5. The molecular formula is C11H10ClFN4.